The minimum atomic E-state index is -0.347. The summed E-state index contributed by atoms with van der Waals surface area (Å²) in [4.78, 5) is 12.9. The Balaban J connectivity index is 2.04. The molecule has 3 nitrogen and oxygen atoms in total. The van der Waals surface area contributed by atoms with Crippen LogP contribution in [-0.2, 0) is 11.3 Å². The second kappa shape index (κ2) is 6.53. The first kappa shape index (κ1) is 13.1. The maximum absolute atomic E-state index is 11.9. The molecule has 0 bridgehead atoms. The molecule has 0 aliphatic heterocycles. The number of carbonyl (C=O) groups excluding carboxylic acids is 1. The molecule has 1 N–H and O–H groups in total. The van der Waals surface area contributed by atoms with Gasteiger partial charge in [0.25, 0.3) is 5.91 Å². The van der Waals surface area contributed by atoms with Crippen LogP contribution in [0.25, 0.3) is 6.08 Å². The van der Waals surface area contributed by atoms with E-state index in [1.165, 1.54) is 0 Å². The SMILES string of the molecule is N#C/C(=C\c1ccccc1)C(=O)NCc1cccs1. The van der Waals surface area contributed by atoms with Crippen molar-refractivity contribution in [1.82, 2.24) is 5.32 Å². The molecule has 1 aromatic heterocycles. The van der Waals surface area contributed by atoms with E-state index in [0.717, 1.165) is 10.4 Å². The summed E-state index contributed by atoms with van der Waals surface area (Å²) < 4.78 is 0. The van der Waals surface area contributed by atoms with Gasteiger partial charge in [-0.05, 0) is 23.1 Å². The molecule has 0 aliphatic rings. The molecule has 4 heteroatoms. The number of nitrogens with one attached hydrogen (secondary N) is 1. The van der Waals surface area contributed by atoms with Gasteiger partial charge in [-0.25, -0.2) is 0 Å². The molecule has 0 saturated carbocycles. The first-order valence-electron chi connectivity index (χ1n) is 5.77. The quantitative estimate of drug-likeness (QED) is 0.684. The van der Waals surface area contributed by atoms with Crippen molar-refractivity contribution in [3.05, 3.63) is 63.9 Å². The summed E-state index contributed by atoms with van der Waals surface area (Å²) in [6.45, 7) is 0.449. The van der Waals surface area contributed by atoms with Crippen molar-refractivity contribution in [1.29, 1.82) is 5.26 Å². The van der Waals surface area contributed by atoms with Gasteiger partial charge >= 0.3 is 0 Å². The fourth-order valence-corrected chi connectivity index (χ4v) is 2.18. The standard InChI is InChI=1S/C15H12N2OS/c16-10-13(9-12-5-2-1-3-6-12)15(18)17-11-14-7-4-8-19-14/h1-9H,11H2,(H,17,18)/b13-9+. The number of rotatable bonds is 4. The Hall–Kier alpha value is -2.38. The Morgan fingerprint density at radius 1 is 1.26 bits per heavy atom. The van der Waals surface area contributed by atoms with Gasteiger partial charge in [-0.1, -0.05) is 36.4 Å². The van der Waals surface area contributed by atoms with Crippen LogP contribution in [-0.4, -0.2) is 5.91 Å². The van der Waals surface area contributed by atoms with E-state index in [0.29, 0.717) is 6.54 Å². The van der Waals surface area contributed by atoms with Gasteiger partial charge in [-0.3, -0.25) is 4.79 Å². The Labute approximate surface area is 115 Å². The van der Waals surface area contributed by atoms with Crippen LogP contribution < -0.4 is 5.32 Å². The Morgan fingerprint density at radius 3 is 2.68 bits per heavy atom. The van der Waals surface area contributed by atoms with E-state index in [-0.39, 0.29) is 11.5 Å². The predicted molar refractivity (Wildman–Crippen MR) is 76.2 cm³/mol. The van der Waals surface area contributed by atoms with E-state index in [9.17, 15) is 4.79 Å². The molecule has 2 aromatic rings. The highest BCUT2D eigenvalue weighted by Crippen LogP contribution is 2.09. The van der Waals surface area contributed by atoms with Crippen molar-refractivity contribution in [3.63, 3.8) is 0 Å². The van der Waals surface area contributed by atoms with Crippen molar-refractivity contribution in [3.8, 4) is 6.07 Å². The fraction of sp³-hybridized carbons (Fsp3) is 0.0667. The van der Waals surface area contributed by atoms with Gasteiger partial charge in [-0.2, -0.15) is 5.26 Å². The monoisotopic (exact) mass is 268 g/mol. The molecule has 0 spiro atoms. The molecule has 1 amide bonds. The lowest BCUT2D eigenvalue weighted by Gasteiger charge is -2.02. The molecule has 0 radical (unpaired) electrons. The van der Waals surface area contributed by atoms with E-state index in [1.54, 1.807) is 17.4 Å². The van der Waals surface area contributed by atoms with Crippen LogP contribution >= 0.6 is 11.3 Å². The summed E-state index contributed by atoms with van der Waals surface area (Å²) in [5, 5.41) is 13.7. The van der Waals surface area contributed by atoms with Gasteiger partial charge in [0.2, 0.25) is 0 Å². The van der Waals surface area contributed by atoms with Crippen LogP contribution in [0.4, 0.5) is 0 Å². The van der Waals surface area contributed by atoms with Crippen molar-refractivity contribution >= 4 is 23.3 Å². The van der Waals surface area contributed by atoms with Gasteiger partial charge in [0.15, 0.2) is 0 Å². The molecule has 0 unspecified atom stereocenters. The lowest BCUT2D eigenvalue weighted by atomic mass is 10.1. The number of hydrogen-bond acceptors (Lipinski definition) is 3. The molecule has 0 aliphatic carbocycles. The first-order chi connectivity index (χ1) is 9.29. The second-order valence-electron chi connectivity index (χ2n) is 3.84. The van der Waals surface area contributed by atoms with Crippen molar-refractivity contribution in [2.24, 2.45) is 0 Å². The molecule has 94 valence electrons. The summed E-state index contributed by atoms with van der Waals surface area (Å²) in [5.41, 5.74) is 0.952. The van der Waals surface area contributed by atoms with Crippen LogP contribution in [0.5, 0.6) is 0 Å². The molecule has 0 fully saturated rings. The van der Waals surface area contributed by atoms with Crippen LogP contribution in [0.3, 0.4) is 0 Å². The molecule has 0 saturated heterocycles. The zero-order valence-electron chi connectivity index (χ0n) is 10.2. The highest BCUT2D eigenvalue weighted by Gasteiger charge is 2.08. The lowest BCUT2D eigenvalue weighted by Crippen LogP contribution is -2.23. The average molecular weight is 268 g/mol. The van der Waals surface area contributed by atoms with Crippen molar-refractivity contribution < 1.29 is 4.79 Å². The minimum Gasteiger partial charge on any atom is -0.347 e. The van der Waals surface area contributed by atoms with Gasteiger partial charge in [-0.15, -0.1) is 11.3 Å². The van der Waals surface area contributed by atoms with Crippen LogP contribution in [0.1, 0.15) is 10.4 Å². The lowest BCUT2D eigenvalue weighted by molar-refractivity contribution is -0.117. The zero-order valence-corrected chi connectivity index (χ0v) is 11.0. The Kier molecular flexibility index (Phi) is 4.49. The summed E-state index contributed by atoms with van der Waals surface area (Å²) in [5.74, 6) is -0.347. The maximum atomic E-state index is 11.9. The number of amides is 1. The fourth-order valence-electron chi connectivity index (χ4n) is 1.54. The predicted octanol–water partition coefficient (Wildman–Crippen LogP) is 2.97. The van der Waals surface area contributed by atoms with Crippen molar-refractivity contribution in [2.75, 3.05) is 0 Å². The number of nitriles is 1. The zero-order chi connectivity index (χ0) is 13.5. The number of carbonyl (C=O) groups is 1. The van der Waals surface area contributed by atoms with Gasteiger partial charge in [0.1, 0.15) is 11.6 Å². The number of benzene rings is 1. The first-order valence-corrected chi connectivity index (χ1v) is 6.65. The third-order valence-electron chi connectivity index (χ3n) is 2.48. The summed E-state index contributed by atoms with van der Waals surface area (Å²) in [6.07, 6.45) is 1.59. The molecular formula is C15H12N2OS. The maximum Gasteiger partial charge on any atom is 0.262 e. The van der Waals surface area contributed by atoms with E-state index in [1.807, 2.05) is 53.9 Å². The van der Waals surface area contributed by atoms with Crippen LogP contribution in [0.2, 0.25) is 0 Å². The van der Waals surface area contributed by atoms with Crippen LogP contribution in [0.15, 0.2) is 53.4 Å². The summed E-state index contributed by atoms with van der Waals surface area (Å²) >= 11 is 1.57. The van der Waals surface area contributed by atoms with E-state index in [2.05, 4.69) is 5.32 Å². The number of hydrogen-bond donors (Lipinski definition) is 1. The highest BCUT2D eigenvalue weighted by atomic mass is 32.1. The largest absolute Gasteiger partial charge is 0.347 e. The van der Waals surface area contributed by atoms with Gasteiger partial charge in [0, 0.05) is 4.88 Å². The normalized spacial score (nSPS) is 10.8. The number of thiophene rings is 1. The summed E-state index contributed by atoms with van der Waals surface area (Å²) in [7, 11) is 0. The third kappa shape index (κ3) is 3.80. The van der Waals surface area contributed by atoms with E-state index >= 15 is 0 Å². The van der Waals surface area contributed by atoms with Crippen molar-refractivity contribution in [2.45, 2.75) is 6.54 Å². The molecule has 1 aromatic carbocycles. The second-order valence-corrected chi connectivity index (χ2v) is 4.87. The molecule has 1 heterocycles. The summed E-state index contributed by atoms with van der Waals surface area (Å²) in [6, 6.07) is 15.1. The smallest absolute Gasteiger partial charge is 0.262 e. The average Bonchev–Trinajstić information content (AvgIpc) is 2.96. The van der Waals surface area contributed by atoms with Gasteiger partial charge in [0.05, 0.1) is 6.54 Å². The minimum absolute atomic E-state index is 0.114. The van der Waals surface area contributed by atoms with E-state index in [4.69, 9.17) is 5.26 Å². The highest BCUT2D eigenvalue weighted by molar-refractivity contribution is 7.09. The van der Waals surface area contributed by atoms with Gasteiger partial charge < -0.3 is 5.32 Å². The number of nitrogens with zero attached hydrogens (tertiary/aromatic N) is 1. The third-order valence-corrected chi connectivity index (χ3v) is 3.36. The molecule has 2 rings (SSSR count). The topological polar surface area (TPSA) is 52.9 Å². The molecular weight excluding hydrogens is 256 g/mol. The van der Waals surface area contributed by atoms with E-state index < -0.39 is 0 Å². The molecule has 0 atom stereocenters. The molecule has 19 heavy (non-hydrogen) atoms. The van der Waals surface area contributed by atoms with Crippen LogP contribution in [0, 0.1) is 11.3 Å². The Morgan fingerprint density at radius 2 is 2.05 bits per heavy atom. The Bertz CT molecular complexity index is 609.